The second-order valence-electron chi connectivity index (χ2n) is 6.99. The molecule has 0 amide bonds. The van der Waals surface area contributed by atoms with Gasteiger partial charge in [0.2, 0.25) is 0 Å². The van der Waals surface area contributed by atoms with E-state index in [1.807, 2.05) is 18.2 Å². The van der Waals surface area contributed by atoms with E-state index >= 15 is 0 Å². The summed E-state index contributed by atoms with van der Waals surface area (Å²) in [5, 5.41) is 3.99. The van der Waals surface area contributed by atoms with Gasteiger partial charge < -0.3 is 9.74 Å². The van der Waals surface area contributed by atoms with Crippen LogP contribution < -0.4 is 4.90 Å². The van der Waals surface area contributed by atoms with Gasteiger partial charge in [-0.2, -0.15) is 13.2 Å². The van der Waals surface area contributed by atoms with Gasteiger partial charge in [0.25, 0.3) is 0 Å². The smallest absolute Gasteiger partial charge is 0.391 e. The molecule has 2 aliphatic heterocycles. The van der Waals surface area contributed by atoms with E-state index in [2.05, 4.69) is 32.1 Å². The predicted octanol–water partition coefficient (Wildman–Crippen LogP) is 5.38. The molecular formula is C20H18BrF3N2O. The zero-order chi connectivity index (χ0) is 19.0. The quantitative estimate of drug-likeness (QED) is 0.642. The summed E-state index contributed by atoms with van der Waals surface area (Å²) in [4.78, 5) is 7.70. The topological polar surface area (TPSA) is 24.8 Å². The Labute approximate surface area is 163 Å². The normalized spacial score (nSPS) is 22.2. The SMILES string of the molecule is FC(F)(F)c1cccc(CN2C[C@@H]([C@@H]3CC(Br)=NO3)Cc3ccccc32)c1. The number of rotatable bonds is 3. The molecule has 0 N–H and O–H groups in total. The van der Waals surface area contributed by atoms with E-state index in [1.165, 1.54) is 17.7 Å². The minimum absolute atomic E-state index is 0.0169. The lowest BCUT2D eigenvalue weighted by atomic mass is 9.87. The molecule has 142 valence electrons. The van der Waals surface area contributed by atoms with Crippen molar-refractivity contribution in [2.75, 3.05) is 11.4 Å². The van der Waals surface area contributed by atoms with Gasteiger partial charge in [-0.3, -0.25) is 0 Å². The van der Waals surface area contributed by atoms with Gasteiger partial charge in [0.15, 0.2) is 0 Å². The molecule has 0 saturated carbocycles. The highest BCUT2D eigenvalue weighted by atomic mass is 79.9. The van der Waals surface area contributed by atoms with Crippen LogP contribution in [0, 0.1) is 5.92 Å². The monoisotopic (exact) mass is 438 g/mol. The van der Waals surface area contributed by atoms with Crippen molar-refractivity contribution >= 4 is 26.2 Å². The molecule has 2 aromatic carbocycles. The van der Waals surface area contributed by atoms with E-state index in [0.29, 0.717) is 18.7 Å². The standard InChI is InChI=1S/C20H18BrF3N2O/c21-19-10-18(27-25-19)15-9-14-5-1-2-7-17(14)26(12-15)11-13-4-3-6-16(8-13)20(22,23)24/h1-8,15,18H,9-12H2/t15-,18-/m0/s1. The average molecular weight is 439 g/mol. The zero-order valence-electron chi connectivity index (χ0n) is 14.4. The summed E-state index contributed by atoms with van der Waals surface area (Å²) < 4.78 is 39.9. The van der Waals surface area contributed by atoms with E-state index in [9.17, 15) is 13.2 Å². The van der Waals surface area contributed by atoms with Gasteiger partial charge in [-0.15, -0.1) is 0 Å². The molecule has 2 heterocycles. The van der Waals surface area contributed by atoms with Crippen molar-refractivity contribution < 1.29 is 18.0 Å². The van der Waals surface area contributed by atoms with Crippen molar-refractivity contribution in [2.45, 2.75) is 31.7 Å². The maximum absolute atomic E-state index is 13.0. The summed E-state index contributed by atoms with van der Waals surface area (Å²) in [5.41, 5.74) is 2.29. The van der Waals surface area contributed by atoms with Crippen molar-refractivity contribution in [3.63, 3.8) is 0 Å². The van der Waals surface area contributed by atoms with Crippen molar-refractivity contribution in [1.82, 2.24) is 0 Å². The summed E-state index contributed by atoms with van der Waals surface area (Å²) in [6, 6.07) is 13.6. The average Bonchev–Trinajstić information content (AvgIpc) is 3.08. The molecular weight excluding hydrogens is 421 g/mol. The number of benzene rings is 2. The Hall–Kier alpha value is -2.02. The lowest BCUT2D eigenvalue weighted by molar-refractivity contribution is -0.137. The van der Waals surface area contributed by atoms with Gasteiger partial charge in [0.05, 0.1) is 5.56 Å². The summed E-state index contributed by atoms with van der Waals surface area (Å²) >= 11 is 3.38. The molecule has 0 bridgehead atoms. The van der Waals surface area contributed by atoms with Crippen LogP contribution in [-0.2, 0) is 24.0 Å². The zero-order valence-corrected chi connectivity index (χ0v) is 16.0. The number of nitrogens with zero attached hydrogens (tertiary/aromatic N) is 2. The first kappa shape index (κ1) is 18.3. The first-order valence-corrected chi connectivity index (χ1v) is 9.56. The molecule has 0 fully saturated rings. The first-order chi connectivity index (χ1) is 12.9. The Morgan fingerprint density at radius 2 is 1.93 bits per heavy atom. The van der Waals surface area contributed by atoms with Crippen molar-refractivity contribution in [1.29, 1.82) is 0 Å². The third-order valence-electron chi connectivity index (χ3n) is 5.08. The van der Waals surface area contributed by atoms with E-state index in [0.717, 1.165) is 29.2 Å². The van der Waals surface area contributed by atoms with E-state index in [1.54, 1.807) is 6.07 Å². The molecule has 27 heavy (non-hydrogen) atoms. The third-order valence-corrected chi connectivity index (χ3v) is 5.55. The van der Waals surface area contributed by atoms with Crippen molar-refractivity contribution in [3.05, 3.63) is 65.2 Å². The fourth-order valence-corrected chi connectivity index (χ4v) is 4.21. The van der Waals surface area contributed by atoms with Crippen molar-refractivity contribution in [2.24, 2.45) is 11.1 Å². The largest absolute Gasteiger partial charge is 0.416 e. The lowest BCUT2D eigenvalue weighted by Gasteiger charge is -2.37. The summed E-state index contributed by atoms with van der Waals surface area (Å²) in [6.45, 7) is 1.14. The molecule has 0 unspecified atom stereocenters. The fraction of sp³-hybridized carbons (Fsp3) is 0.350. The fourth-order valence-electron chi connectivity index (χ4n) is 3.80. The van der Waals surface area contributed by atoms with Gasteiger partial charge in [-0.05, 0) is 51.7 Å². The molecule has 0 aromatic heterocycles. The molecule has 0 saturated heterocycles. The van der Waals surface area contributed by atoms with Crippen LogP contribution in [0.15, 0.2) is 53.7 Å². The lowest BCUT2D eigenvalue weighted by Crippen LogP contribution is -2.40. The molecule has 0 radical (unpaired) electrons. The Kier molecular flexibility index (Phi) is 4.88. The summed E-state index contributed by atoms with van der Waals surface area (Å²) in [6.07, 6.45) is -2.75. The number of para-hydroxylation sites is 1. The van der Waals surface area contributed by atoms with E-state index in [-0.39, 0.29) is 12.0 Å². The number of anilines is 1. The van der Waals surface area contributed by atoms with Gasteiger partial charge in [0, 0.05) is 31.1 Å². The van der Waals surface area contributed by atoms with Crippen LogP contribution in [0.1, 0.15) is 23.1 Å². The van der Waals surface area contributed by atoms with E-state index in [4.69, 9.17) is 4.84 Å². The molecule has 0 spiro atoms. The third kappa shape index (κ3) is 3.98. The summed E-state index contributed by atoms with van der Waals surface area (Å²) in [5.74, 6) is 0.226. The Morgan fingerprint density at radius 3 is 2.67 bits per heavy atom. The van der Waals surface area contributed by atoms with Crippen LogP contribution in [-0.4, -0.2) is 17.3 Å². The summed E-state index contributed by atoms with van der Waals surface area (Å²) in [7, 11) is 0. The number of hydrogen-bond donors (Lipinski definition) is 0. The van der Waals surface area contributed by atoms with Gasteiger partial charge in [0.1, 0.15) is 10.7 Å². The van der Waals surface area contributed by atoms with Crippen LogP contribution in [0.2, 0.25) is 0 Å². The van der Waals surface area contributed by atoms with Gasteiger partial charge >= 0.3 is 6.18 Å². The molecule has 7 heteroatoms. The van der Waals surface area contributed by atoms with Crippen LogP contribution in [0.25, 0.3) is 0 Å². The second-order valence-corrected chi connectivity index (χ2v) is 7.90. The molecule has 0 aliphatic carbocycles. The number of halogens is 4. The highest BCUT2D eigenvalue weighted by Gasteiger charge is 2.35. The Bertz CT molecular complexity index is 868. The van der Waals surface area contributed by atoms with Crippen LogP contribution in [0.3, 0.4) is 0 Å². The van der Waals surface area contributed by atoms with Crippen LogP contribution in [0.5, 0.6) is 0 Å². The highest BCUT2D eigenvalue weighted by molar-refractivity contribution is 9.18. The Balaban J connectivity index is 1.59. The molecule has 2 aliphatic rings. The van der Waals surface area contributed by atoms with Crippen molar-refractivity contribution in [3.8, 4) is 0 Å². The number of oxime groups is 1. The number of fused-ring (bicyclic) bond motifs is 1. The Morgan fingerprint density at radius 1 is 1.11 bits per heavy atom. The van der Waals surface area contributed by atoms with Gasteiger partial charge in [-0.25, -0.2) is 0 Å². The molecule has 4 rings (SSSR count). The van der Waals surface area contributed by atoms with Gasteiger partial charge in [-0.1, -0.05) is 35.5 Å². The van der Waals surface area contributed by atoms with Crippen LogP contribution in [0.4, 0.5) is 18.9 Å². The first-order valence-electron chi connectivity index (χ1n) is 8.77. The van der Waals surface area contributed by atoms with E-state index < -0.39 is 11.7 Å². The number of hydrogen-bond acceptors (Lipinski definition) is 3. The highest BCUT2D eigenvalue weighted by Crippen LogP contribution is 2.36. The minimum Gasteiger partial charge on any atom is -0.391 e. The molecule has 3 nitrogen and oxygen atoms in total. The maximum atomic E-state index is 13.0. The second kappa shape index (κ2) is 7.19. The molecule has 2 aromatic rings. The minimum atomic E-state index is -4.33. The molecule has 2 atom stereocenters. The maximum Gasteiger partial charge on any atom is 0.416 e. The number of alkyl halides is 3. The predicted molar refractivity (Wildman–Crippen MR) is 102 cm³/mol. The van der Waals surface area contributed by atoms with Crippen LogP contribution >= 0.6 is 15.9 Å².